The van der Waals surface area contributed by atoms with Gasteiger partial charge in [0, 0.05) is 28.7 Å². The van der Waals surface area contributed by atoms with Crippen molar-refractivity contribution in [1.82, 2.24) is 5.32 Å². The standard InChI is InChI=1S/C15H21Cl2NO/c1-2-15(6-3-7-15)10-18-9-14(19)12-8-11(16)4-5-13(12)17/h4-5,8,14,18-19H,2-3,6-7,9-10H2,1H3. The predicted octanol–water partition coefficient (Wildman–Crippen LogP) is 4.20. The fraction of sp³-hybridized carbons (Fsp3) is 0.600. The summed E-state index contributed by atoms with van der Waals surface area (Å²) in [6.07, 6.45) is 4.52. The van der Waals surface area contributed by atoms with E-state index < -0.39 is 6.10 Å². The van der Waals surface area contributed by atoms with Crippen LogP contribution in [-0.2, 0) is 0 Å². The van der Waals surface area contributed by atoms with Gasteiger partial charge in [-0.2, -0.15) is 0 Å². The van der Waals surface area contributed by atoms with Crippen LogP contribution in [-0.4, -0.2) is 18.2 Å². The summed E-state index contributed by atoms with van der Waals surface area (Å²) in [6.45, 7) is 3.73. The maximum Gasteiger partial charge on any atom is 0.0929 e. The summed E-state index contributed by atoms with van der Waals surface area (Å²) >= 11 is 12.0. The number of hydrogen-bond acceptors (Lipinski definition) is 2. The van der Waals surface area contributed by atoms with Gasteiger partial charge < -0.3 is 10.4 Å². The van der Waals surface area contributed by atoms with Gasteiger partial charge in [-0.3, -0.25) is 0 Å². The molecule has 0 bridgehead atoms. The highest BCUT2D eigenvalue weighted by Gasteiger charge is 2.34. The molecule has 19 heavy (non-hydrogen) atoms. The summed E-state index contributed by atoms with van der Waals surface area (Å²) in [5.74, 6) is 0. The van der Waals surface area contributed by atoms with Crippen molar-refractivity contribution < 1.29 is 5.11 Å². The van der Waals surface area contributed by atoms with Crippen LogP contribution >= 0.6 is 23.2 Å². The van der Waals surface area contributed by atoms with Gasteiger partial charge in [0.2, 0.25) is 0 Å². The summed E-state index contributed by atoms with van der Waals surface area (Å²) in [5, 5.41) is 14.7. The topological polar surface area (TPSA) is 32.3 Å². The Bertz CT molecular complexity index is 427. The Kier molecular flexibility index (Phi) is 5.13. The fourth-order valence-corrected chi connectivity index (χ4v) is 3.11. The highest BCUT2D eigenvalue weighted by atomic mass is 35.5. The van der Waals surface area contributed by atoms with Crippen molar-refractivity contribution in [2.45, 2.75) is 38.7 Å². The summed E-state index contributed by atoms with van der Waals surface area (Å²) in [5.41, 5.74) is 1.15. The number of aliphatic hydroxyl groups is 1. The molecule has 1 fully saturated rings. The molecule has 1 atom stereocenters. The number of halogens is 2. The molecule has 1 aromatic carbocycles. The Morgan fingerprint density at radius 2 is 2.11 bits per heavy atom. The molecule has 1 aromatic rings. The lowest BCUT2D eigenvalue weighted by molar-refractivity contribution is 0.110. The van der Waals surface area contributed by atoms with Gasteiger partial charge >= 0.3 is 0 Å². The summed E-state index contributed by atoms with van der Waals surface area (Å²) in [6, 6.07) is 5.19. The predicted molar refractivity (Wildman–Crippen MR) is 80.9 cm³/mol. The first kappa shape index (κ1) is 15.1. The second-order valence-electron chi connectivity index (χ2n) is 5.52. The van der Waals surface area contributed by atoms with Crippen molar-refractivity contribution >= 4 is 23.2 Å². The van der Waals surface area contributed by atoms with E-state index in [4.69, 9.17) is 23.2 Å². The average molecular weight is 302 g/mol. The first-order chi connectivity index (χ1) is 9.06. The Labute approximate surface area is 125 Å². The highest BCUT2D eigenvalue weighted by molar-refractivity contribution is 6.33. The van der Waals surface area contributed by atoms with Crippen LogP contribution in [0.1, 0.15) is 44.3 Å². The van der Waals surface area contributed by atoms with Crippen LogP contribution in [0.15, 0.2) is 18.2 Å². The first-order valence-electron chi connectivity index (χ1n) is 6.90. The van der Waals surface area contributed by atoms with Crippen LogP contribution in [0.25, 0.3) is 0 Å². The third kappa shape index (κ3) is 3.63. The number of aliphatic hydroxyl groups excluding tert-OH is 1. The molecular formula is C15H21Cl2NO. The molecule has 0 spiro atoms. The zero-order chi connectivity index (χ0) is 13.9. The number of nitrogens with one attached hydrogen (secondary N) is 1. The van der Waals surface area contributed by atoms with Crippen molar-refractivity contribution in [2.24, 2.45) is 5.41 Å². The molecule has 2 nitrogen and oxygen atoms in total. The summed E-state index contributed by atoms with van der Waals surface area (Å²) in [7, 11) is 0. The third-order valence-electron chi connectivity index (χ3n) is 4.32. The number of rotatable bonds is 6. The van der Waals surface area contributed by atoms with Gasteiger partial charge in [-0.05, 0) is 42.9 Å². The van der Waals surface area contributed by atoms with Crippen molar-refractivity contribution in [3.8, 4) is 0 Å². The van der Waals surface area contributed by atoms with Crippen LogP contribution in [0.5, 0.6) is 0 Å². The minimum Gasteiger partial charge on any atom is -0.387 e. The lowest BCUT2D eigenvalue weighted by Gasteiger charge is -2.41. The van der Waals surface area contributed by atoms with Gasteiger partial charge in [0.15, 0.2) is 0 Å². The van der Waals surface area contributed by atoms with E-state index in [-0.39, 0.29) is 0 Å². The van der Waals surface area contributed by atoms with Gasteiger partial charge in [0.25, 0.3) is 0 Å². The maximum absolute atomic E-state index is 10.2. The average Bonchev–Trinajstić information content (AvgIpc) is 2.35. The summed E-state index contributed by atoms with van der Waals surface area (Å²) < 4.78 is 0. The van der Waals surface area contributed by atoms with E-state index in [2.05, 4.69) is 12.2 Å². The molecule has 0 radical (unpaired) electrons. The molecule has 2 rings (SSSR count). The van der Waals surface area contributed by atoms with Crippen LogP contribution in [0.4, 0.5) is 0 Å². The Balaban J connectivity index is 1.87. The Morgan fingerprint density at radius 3 is 2.68 bits per heavy atom. The molecule has 0 aromatic heterocycles. The summed E-state index contributed by atoms with van der Waals surface area (Å²) in [4.78, 5) is 0. The molecule has 1 aliphatic carbocycles. The highest BCUT2D eigenvalue weighted by Crippen LogP contribution is 2.43. The Morgan fingerprint density at radius 1 is 1.37 bits per heavy atom. The Hall–Kier alpha value is -0.280. The van der Waals surface area contributed by atoms with Crippen LogP contribution in [0.2, 0.25) is 10.0 Å². The molecule has 1 aliphatic rings. The first-order valence-corrected chi connectivity index (χ1v) is 7.66. The van der Waals surface area contributed by atoms with Crippen LogP contribution in [0, 0.1) is 5.41 Å². The smallest absolute Gasteiger partial charge is 0.0929 e. The van der Waals surface area contributed by atoms with E-state index in [1.807, 2.05) is 0 Å². The minimum absolute atomic E-state index is 0.456. The van der Waals surface area contributed by atoms with Crippen molar-refractivity contribution in [2.75, 3.05) is 13.1 Å². The van der Waals surface area contributed by atoms with Gasteiger partial charge in [-0.15, -0.1) is 0 Å². The second kappa shape index (κ2) is 6.45. The van der Waals surface area contributed by atoms with Gasteiger partial charge in [-0.25, -0.2) is 0 Å². The van der Waals surface area contributed by atoms with E-state index in [1.165, 1.54) is 25.7 Å². The lowest BCUT2D eigenvalue weighted by Crippen LogP contribution is -2.40. The van der Waals surface area contributed by atoms with Gasteiger partial charge in [-0.1, -0.05) is 36.5 Å². The van der Waals surface area contributed by atoms with E-state index in [0.29, 0.717) is 27.6 Å². The molecule has 0 saturated heterocycles. The zero-order valence-corrected chi connectivity index (χ0v) is 12.8. The molecule has 2 N–H and O–H groups in total. The number of benzene rings is 1. The quantitative estimate of drug-likeness (QED) is 0.825. The fourth-order valence-electron chi connectivity index (χ4n) is 2.69. The van der Waals surface area contributed by atoms with E-state index in [0.717, 1.165) is 6.54 Å². The second-order valence-corrected chi connectivity index (χ2v) is 6.36. The maximum atomic E-state index is 10.2. The van der Waals surface area contributed by atoms with Gasteiger partial charge in [0.05, 0.1) is 6.10 Å². The molecule has 1 unspecified atom stereocenters. The van der Waals surface area contributed by atoms with E-state index in [1.54, 1.807) is 18.2 Å². The van der Waals surface area contributed by atoms with Gasteiger partial charge in [0.1, 0.15) is 0 Å². The molecule has 0 heterocycles. The number of hydrogen-bond donors (Lipinski definition) is 2. The zero-order valence-electron chi connectivity index (χ0n) is 11.3. The molecule has 1 saturated carbocycles. The molecule has 0 aliphatic heterocycles. The minimum atomic E-state index is -0.611. The van der Waals surface area contributed by atoms with E-state index >= 15 is 0 Å². The molecule has 106 valence electrons. The van der Waals surface area contributed by atoms with Crippen molar-refractivity contribution in [3.63, 3.8) is 0 Å². The normalized spacial score (nSPS) is 18.9. The molecular weight excluding hydrogens is 281 g/mol. The monoisotopic (exact) mass is 301 g/mol. The SMILES string of the molecule is CCC1(CNCC(O)c2cc(Cl)ccc2Cl)CCC1. The van der Waals surface area contributed by atoms with Crippen LogP contribution < -0.4 is 5.32 Å². The lowest BCUT2D eigenvalue weighted by atomic mass is 9.67. The van der Waals surface area contributed by atoms with Crippen molar-refractivity contribution in [3.05, 3.63) is 33.8 Å². The third-order valence-corrected chi connectivity index (χ3v) is 4.90. The van der Waals surface area contributed by atoms with Crippen molar-refractivity contribution in [1.29, 1.82) is 0 Å². The van der Waals surface area contributed by atoms with E-state index in [9.17, 15) is 5.11 Å². The largest absolute Gasteiger partial charge is 0.387 e. The van der Waals surface area contributed by atoms with Crippen LogP contribution in [0.3, 0.4) is 0 Å². The molecule has 4 heteroatoms. The molecule has 0 amide bonds.